The Labute approximate surface area is 271 Å². The molecule has 16 heteroatoms. The van der Waals surface area contributed by atoms with Crippen LogP contribution in [0.25, 0.3) is 10.8 Å². The molecule has 0 fully saturated rings. The predicted molar refractivity (Wildman–Crippen MR) is 152 cm³/mol. The van der Waals surface area contributed by atoms with Crippen LogP contribution >= 0.6 is 0 Å². The van der Waals surface area contributed by atoms with Crippen LogP contribution in [-0.2, 0) is 10.1 Å². The van der Waals surface area contributed by atoms with E-state index in [-0.39, 0.29) is 86.0 Å². The molecule has 5 aromatic carbocycles. The van der Waals surface area contributed by atoms with E-state index in [1.165, 1.54) is 54.6 Å². The van der Waals surface area contributed by atoms with Crippen molar-refractivity contribution < 1.29 is 68.1 Å². The van der Waals surface area contributed by atoms with Crippen LogP contribution in [0.15, 0.2) is 121 Å². The SMILES string of the molecule is O=S(=O)(O)c1cc2cc(N=Nc3ccc(O)cc3O)ccc2c(O)c1N=Nc1cccc(N=Nc2ccc([O-])cc2O)c1.[Na+]. The molecule has 0 bridgehead atoms. The molecule has 0 saturated heterocycles. The first-order valence-electron chi connectivity index (χ1n) is 12.1. The van der Waals surface area contributed by atoms with Crippen molar-refractivity contribution in [3.05, 3.63) is 84.9 Å². The summed E-state index contributed by atoms with van der Waals surface area (Å²) in [5, 5.41) is 75.3. The largest absolute Gasteiger partial charge is 1.00 e. The van der Waals surface area contributed by atoms with Gasteiger partial charge in [-0.15, -0.1) is 21.1 Å². The summed E-state index contributed by atoms with van der Waals surface area (Å²) >= 11 is 0. The molecule has 0 amide bonds. The number of azo groups is 3. The molecule has 0 aliphatic carbocycles. The number of phenolic OH excluding ortho intramolecular Hbond substituents is 4. The zero-order valence-corrected chi connectivity index (χ0v) is 25.5. The molecule has 0 heterocycles. The van der Waals surface area contributed by atoms with Gasteiger partial charge in [0.25, 0.3) is 10.1 Å². The molecule has 0 aliphatic heterocycles. The van der Waals surface area contributed by atoms with Crippen LogP contribution < -0.4 is 34.7 Å². The van der Waals surface area contributed by atoms with Crippen molar-refractivity contribution in [2.75, 3.05) is 0 Å². The standard InChI is InChI=1S/C28H20N6O8S.Na/c35-19-5-8-22(24(37)13-19)32-29-16-2-1-3-17(12-16)31-34-27-26(43(40,41)42)11-15-10-18(4-7-21(15)28(27)39)30-33-23-9-6-20(36)14-25(23)38;/h1-14,35-39H,(H,40,41,42);/q;+1/p-1. The Morgan fingerprint density at radius 2 is 1.20 bits per heavy atom. The van der Waals surface area contributed by atoms with Crippen LogP contribution in [0.2, 0.25) is 0 Å². The van der Waals surface area contributed by atoms with Crippen LogP contribution in [0.4, 0.5) is 34.1 Å². The summed E-state index contributed by atoms with van der Waals surface area (Å²) < 4.78 is 34.3. The van der Waals surface area contributed by atoms with Gasteiger partial charge in [0, 0.05) is 11.5 Å². The fraction of sp³-hybridized carbons (Fsp3) is 0. The van der Waals surface area contributed by atoms with Gasteiger partial charge in [-0.05, 0) is 72.1 Å². The van der Waals surface area contributed by atoms with E-state index in [0.717, 1.165) is 18.2 Å². The number of fused-ring (bicyclic) bond motifs is 1. The topological polar surface area (TPSA) is 233 Å². The van der Waals surface area contributed by atoms with Gasteiger partial charge in [0.1, 0.15) is 39.2 Å². The molecule has 0 saturated carbocycles. The molecular formula is C28H19N6NaO8S. The Balaban J connectivity index is 0.00000442. The number of hydrogen-bond acceptors (Lipinski definition) is 13. The first kappa shape index (κ1) is 32.0. The number of phenols is 4. The Bertz CT molecular complexity index is 2090. The molecule has 44 heavy (non-hydrogen) atoms. The third-order valence-electron chi connectivity index (χ3n) is 5.86. The number of hydrogen-bond donors (Lipinski definition) is 5. The predicted octanol–water partition coefficient (Wildman–Crippen LogP) is 4.23. The van der Waals surface area contributed by atoms with E-state index in [2.05, 4.69) is 30.7 Å². The summed E-state index contributed by atoms with van der Waals surface area (Å²) in [5.41, 5.74) is 0.295. The maximum absolute atomic E-state index is 12.2. The van der Waals surface area contributed by atoms with Gasteiger partial charge < -0.3 is 25.5 Å². The molecule has 5 N–H and O–H groups in total. The first-order valence-corrected chi connectivity index (χ1v) is 13.6. The Kier molecular flexibility index (Phi) is 9.56. The molecule has 0 unspecified atom stereocenters. The van der Waals surface area contributed by atoms with Crippen molar-refractivity contribution in [3.63, 3.8) is 0 Å². The van der Waals surface area contributed by atoms with E-state index in [1.807, 2.05) is 0 Å². The molecule has 14 nitrogen and oxygen atoms in total. The van der Waals surface area contributed by atoms with Crippen LogP contribution in [0, 0.1) is 0 Å². The third kappa shape index (κ3) is 7.34. The second-order valence-electron chi connectivity index (χ2n) is 8.90. The average Bonchev–Trinajstić information content (AvgIpc) is 2.95. The minimum atomic E-state index is -4.89. The van der Waals surface area contributed by atoms with Crippen LogP contribution in [-0.4, -0.2) is 33.4 Å². The Morgan fingerprint density at radius 1 is 0.614 bits per heavy atom. The number of nitrogens with zero attached hydrogens (tertiary/aromatic N) is 6. The molecule has 5 rings (SSSR count). The van der Waals surface area contributed by atoms with Gasteiger partial charge in [0.2, 0.25) is 0 Å². The number of aromatic hydroxyl groups is 4. The van der Waals surface area contributed by atoms with Crippen molar-refractivity contribution in [1.82, 2.24) is 0 Å². The van der Waals surface area contributed by atoms with E-state index in [1.54, 1.807) is 12.1 Å². The zero-order chi connectivity index (χ0) is 30.7. The molecule has 216 valence electrons. The fourth-order valence-corrected chi connectivity index (χ4v) is 4.48. The van der Waals surface area contributed by atoms with Gasteiger partial charge >= 0.3 is 29.6 Å². The van der Waals surface area contributed by atoms with Crippen molar-refractivity contribution in [1.29, 1.82) is 0 Å². The van der Waals surface area contributed by atoms with Gasteiger partial charge in [-0.3, -0.25) is 4.55 Å². The van der Waals surface area contributed by atoms with E-state index in [4.69, 9.17) is 0 Å². The third-order valence-corrected chi connectivity index (χ3v) is 6.73. The fourth-order valence-electron chi connectivity index (χ4n) is 3.83. The zero-order valence-electron chi connectivity index (χ0n) is 22.6. The number of benzene rings is 5. The van der Waals surface area contributed by atoms with E-state index in [0.29, 0.717) is 0 Å². The summed E-state index contributed by atoms with van der Waals surface area (Å²) in [6, 6.07) is 18.7. The molecule has 0 atom stereocenters. The molecule has 0 aliphatic rings. The second-order valence-corrected chi connectivity index (χ2v) is 10.3. The van der Waals surface area contributed by atoms with Gasteiger partial charge in [0.05, 0.1) is 17.1 Å². The smallest absolute Gasteiger partial charge is 0.872 e. The van der Waals surface area contributed by atoms with Gasteiger partial charge in [0.15, 0.2) is 5.75 Å². The summed E-state index contributed by atoms with van der Waals surface area (Å²) in [5.74, 6) is -1.79. The van der Waals surface area contributed by atoms with Crippen molar-refractivity contribution >= 4 is 55.0 Å². The normalized spacial score (nSPS) is 11.9. The summed E-state index contributed by atoms with van der Waals surface area (Å²) in [7, 11) is -4.89. The summed E-state index contributed by atoms with van der Waals surface area (Å²) in [6.45, 7) is 0. The van der Waals surface area contributed by atoms with Crippen molar-refractivity contribution in [3.8, 4) is 28.7 Å². The monoisotopic (exact) mass is 622 g/mol. The maximum atomic E-state index is 12.2. The first-order chi connectivity index (χ1) is 20.5. The quantitative estimate of drug-likeness (QED) is 0.0998. The van der Waals surface area contributed by atoms with Crippen molar-refractivity contribution in [2.24, 2.45) is 30.7 Å². The maximum Gasteiger partial charge on any atom is 1.00 e. The molecule has 5 aromatic rings. The van der Waals surface area contributed by atoms with E-state index >= 15 is 0 Å². The summed E-state index contributed by atoms with van der Waals surface area (Å²) in [4.78, 5) is -0.723. The molecule has 0 spiro atoms. The van der Waals surface area contributed by atoms with E-state index in [9.17, 15) is 38.5 Å². The van der Waals surface area contributed by atoms with Crippen molar-refractivity contribution in [2.45, 2.75) is 4.90 Å². The van der Waals surface area contributed by atoms with Crippen LogP contribution in [0.5, 0.6) is 28.7 Å². The molecule has 0 aromatic heterocycles. The Morgan fingerprint density at radius 3 is 1.82 bits per heavy atom. The minimum absolute atomic E-state index is 0. The van der Waals surface area contributed by atoms with Crippen LogP contribution in [0.3, 0.4) is 0 Å². The summed E-state index contributed by atoms with van der Waals surface area (Å²) in [6.07, 6.45) is 0. The second kappa shape index (κ2) is 13.2. The van der Waals surface area contributed by atoms with Gasteiger partial charge in [-0.25, -0.2) is 0 Å². The molecular weight excluding hydrogens is 603 g/mol. The Hall–Kier alpha value is -4.93. The van der Waals surface area contributed by atoms with Gasteiger partial charge in [-0.1, -0.05) is 12.1 Å². The van der Waals surface area contributed by atoms with Gasteiger partial charge in [-0.2, -0.15) is 23.8 Å². The number of rotatable bonds is 7. The van der Waals surface area contributed by atoms with Crippen LogP contribution in [0.1, 0.15) is 0 Å². The molecule has 0 radical (unpaired) electrons. The average molecular weight is 623 g/mol. The van der Waals surface area contributed by atoms with E-state index < -0.39 is 32.2 Å². The minimum Gasteiger partial charge on any atom is -0.872 e.